The molecule has 0 aliphatic carbocycles. The van der Waals surface area contributed by atoms with Gasteiger partial charge in [-0.3, -0.25) is 14.5 Å². The van der Waals surface area contributed by atoms with Crippen molar-refractivity contribution in [1.29, 1.82) is 0 Å². The molecule has 1 aromatic heterocycles. The zero-order valence-corrected chi connectivity index (χ0v) is 14.7. The first-order valence-electron chi connectivity index (χ1n) is 7.30. The maximum atomic E-state index is 12.7. The predicted octanol–water partition coefficient (Wildman–Crippen LogP) is 3.65. The van der Waals surface area contributed by atoms with E-state index in [0.29, 0.717) is 22.3 Å². The summed E-state index contributed by atoms with van der Waals surface area (Å²) in [7, 11) is -3.85. The van der Waals surface area contributed by atoms with Crippen molar-refractivity contribution in [2.24, 2.45) is 0 Å². The second-order valence-electron chi connectivity index (χ2n) is 5.30. The molecule has 8 heteroatoms. The molecule has 0 fully saturated rings. The molecule has 2 aromatic carbocycles. The third kappa shape index (κ3) is 3.72. The smallest absolute Gasteiger partial charge is 0.261 e. The lowest BCUT2D eigenvalue weighted by molar-refractivity contribution is -0.114. The Morgan fingerprint density at radius 3 is 2.60 bits per heavy atom. The normalized spacial score (nSPS) is 11.3. The fourth-order valence-electron chi connectivity index (χ4n) is 2.35. The van der Waals surface area contributed by atoms with Gasteiger partial charge in [-0.15, -0.1) is 0 Å². The summed E-state index contributed by atoms with van der Waals surface area (Å²) in [4.78, 5) is 15.3. The SMILES string of the molecule is CC(=O)Nc1ccc(S(=O)(=O)Nc2cccc3ncccc23)cc1Cl. The van der Waals surface area contributed by atoms with Crippen LogP contribution in [0.4, 0.5) is 11.4 Å². The Kier molecular flexibility index (Phi) is 4.61. The summed E-state index contributed by atoms with van der Waals surface area (Å²) in [6.07, 6.45) is 1.64. The quantitative estimate of drug-likeness (QED) is 0.728. The number of aromatic nitrogens is 1. The molecule has 128 valence electrons. The number of anilines is 2. The van der Waals surface area contributed by atoms with Crippen LogP contribution in [0.2, 0.25) is 5.02 Å². The van der Waals surface area contributed by atoms with Crippen LogP contribution in [0.5, 0.6) is 0 Å². The average Bonchev–Trinajstić information content (AvgIpc) is 2.56. The number of rotatable bonds is 4. The number of carbonyl (C=O) groups excluding carboxylic acids is 1. The number of amides is 1. The minimum Gasteiger partial charge on any atom is -0.325 e. The average molecular weight is 376 g/mol. The topological polar surface area (TPSA) is 88.2 Å². The molecule has 0 unspecified atom stereocenters. The second-order valence-corrected chi connectivity index (χ2v) is 7.39. The van der Waals surface area contributed by atoms with Crippen LogP contribution in [0.3, 0.4) is 0 Å². The van der Waals surface area contributed by atoms with Gasteiger partial charge in [0, 0.05) is 18.5 Å². The lowest BCUT2D eigenvalue weighted by Crippen LogP contribution is -2.14. The highest BCUT2D eigenvalue weighted by Crippen LogP contribution is 2.28. The number of hydrogen-bond acceptors (Lipinski definition) is 4. The van der Waals surface area contributed by atoms with Gasteiger partial charge in [0.15, 0.2) is 0 Å². The van der Waals surface area contributed by atoms with E-state index >= 15 is 0 Å². The van der Waals surface area contributed by atoms with E-state index in [2.05, 4.69) is 15.0 Å². The van der Waals surface area contributed by atoms with Crippen LogP contribution >= 0.6 is 11.6 Å². The minimum absolute atomic E-state index is 0.00695. The Balaban J connectivity index is 1.96. The lowest BCUT2D eigenvalue weighted by atomic mass is 10.2. The number of nitrogens with zero attached hydrogens (tertiary/aromatic N) is 1. The summed E-state index contributed by atoms with van der Waals surface area (Å²) in [5.41, 5.74) is 1.46. The monoisotopic (exact) mass is 375 g/mol. The molecule has 6 nitrogen and oxygen atoms in total. The van der Waals surface area contributed by atoms with E-state index in [4.69, 9.17) is 11.6 Å². The Hall–Kier alpha value is -2.64. The molecule has 1 amide bonds. The van der Waals surface area contributed by atoms with Crippen LogP contribution in [0.25, 0.3) is 10.9 Å². The molecule has 0 atom stereocenters. The van der Waals surface area contributed by atoms with Crippen molar-refractivity contribution >= 4 is 49.8 Å². The maximum Gasteiger partial charge on any atom is 0.261 e. The van der Waals surface area contributed by atoms with Gasteiger partial charge < -0.3 is 5.32 Å². The van der Waals surface area contributed by atoms with Crippen molar-refractivity contribution in [3.8, 4) is 0 Å². The molecule has 0 aliphatic rings. The van der Waals surface area contributed by atoms with Crippen molar-refractivity contribution in [2.75, 3.05) is 10.0 Å². The first-order chi connectivity index (χ1) is 11.9. The Morgan fingerprint density at radius 2 is 1.88 bits per heavy atom. The highest BCUT2D eigenvalue weighted by molar-refractivity contribution is 7.92. The van der Waals surface area contributed by atoms with Gasteiger partial charge >= 0.3 is 0 Å². The van der Waals surface area contributed by atoms with E-state index in [1.165, 1.54) is 25.1 Å². The third-order valence-corrected chi connectivity index (χ3v) is 5.13. The van der Waals surface area contributed by atoms with Crippen molar-refractivity contribution in [1.82, 2.24) is 4.98 Å². The van der Waals surface area contributed by atoms with Crippen LogP contribution in [-0.4, -0.2) is 19.3 Å². The van der Waals surface area contributed by atoms with Crippen molar-refractivity contribution in [3.05, 3.63) is 59.8 Å². The number of halogens is 1. The summed E-state index contributed by atoms with van der Waals surface area (Å²) < 4.78 is 27.9. The standard InChI is InChI=1S/C17H14ClN3O3S/c1-11(22)20-17-8-7-12(10-14(17)18)25(23,24)21-16-6-2-5-15-13(16)4-3-9-19-15/h2-10,21H,1H3,(H,20,22). The molecule has 0 bridgehead atoms. The number of carbonyl (C=O) groups is 1. The number of pyridine rings is 1. The fourth-order valence-corrected chi connectivity index (χ4v) is 3.75. The zero-order chi connectivity index (χ0) is 18.0. The van der Waals surface area contributed by atoms with E-state index < -0.39 is 10.0 Å². The molecular formula is C17H14ClN3O3S. The molecule has 0 saturated heterocycles. The molecule has 0 spiro atoms. The van der Waals surface area contributed by atoms with Crippen LogP contribution in [0.15, 0.2) is 59.6 Å². The molecular weight excluding hydrogens is 362 g/mol. The summed E-state index contributed by atoms with van der Waals surface area (Å²) in [5, 5.41) is 3.36. The number of hydrogen-bond donors (Lipinski definition) is 2. The van der Waals surface area contributed by atoms with E-state index in [1.807, 2.05) is 0 Å². The van der Waals surface area contributed by atoms with Crippen LogP contribution in [0.1, 0.15) is 6.92 Å². The van der Waals surface area contributed by atoms with Gasteiger partial charge in [-0.05, 0) is 42.5 Å². The molecule has 1 heterocycles. The third-order valence-electron chi connectivity index (χ3n) is 3.45. The Bertz CT molecular complexity index is 1060. The van der Waals surface area contributed by atoms with Gasteiger partial charge in [-0.2, -0.15) is 0 Å². The molecule has 2 N–H and O–H groups in total. The van der Waals surface area contributed by atoms with Crippen molar-refractivity contribution < 1.29 is 13.2 Å². The second kappa shape index (κ2) is 6.70. The summed E-state index contributed by atoms with van der Waals surface area (Å²) in [5.74, 6) is -0.293. The highest BCUT2D eigenvalue weighted by Gasteiger charge is 2.17. The van der Waals surface area contributed by atoms with E-state index in [1.54, 1.807) is 36.5 Å². The van der Waals surface area contributed by atoms with E-state index in [0.717, 1.165) is 0 Å². The molecule has 3 rings (SSSR count). The minimum atomic E-state index is -3.85. The van der Waals surface area contributed by atoms with Crippen molar-refractivity contribution in [2.45, 2.75) is 11.8 Å². The Labute approximate surface area is 149 Å². The van der Waals surface area contributed by atoms with Crippen LogP contribution < -0.4 is 10.0 Å². The first-order valence-corrected chi connectivity index (χ1v) is 9.17. The number of benzene rings is 2. The highest BCUT2D eigenvalue weighted by atomic mass is 35.5. The van der Waals surface area contributed by atoms with Crippen LogP contribution in [0, 0.1) is 0 Å². The first kappa shape index (κ1) is 17.2. The molecule has 3 aromatic rings. The molecule has 0 saturated carbocycles. The van der Waals surface area contributed by atoms with Gasteiger partial charge in [0.25, 0.3) is 10.0 Å². The fraction of sp³-hybridized carbons (Fsp3) is 0.0588. The van der Waals surface area contributed by atoms with Gasteiger partial charge in [0.1, 0.15) is 0 Å². The van der Waals surface area contributed by atoms with Crippen molar-refractivity contribution in [3.63, 3.8) is 0 Å². The molecule has 0 aliphatic heterocycles. The summed E-state index contributed by atoms with van der Waals surface area (Å²) in [6, 6.07) is 12.8. The number of fused-ring (bicyclic) bond motifs is 1. The van der Waals surface area contributed by atoms with Gasteiger partial charge in [0.2, 0.25) is 5.91 Å². The lowest BCUT2D eigenvalue weighted by Gasteiger charge is -2.12. The van der Waals surface area contributed by atoms with Crippen LogP contribution in [-0.2, 0) is 14.8 Å². The van der Waals surface area contributed by atoms with E-state index in [-0.39, 0.29) is 15.8 Å². The van der Waals surface area contributed by atoms with Gasteiger partial charge in [0.05, 0.1) is 26.8 Å². The predicted molar refractivity (Wildman–Crippen MR) is 98.3 cm³/mol. The van der Waals surface area contributed by atoms with Gasteiger partial charge in [-0.25, -0.2) is 8.42 Å². The maximum absolute atomic E-state index is 12.7. The Morgan fingerprint density at radius 1 is 1.08 bits per heavy atom. The molecule has 25 heavy (non-hydrogen) atoms. The summed E-state index contributed by atoms with van der Waals surface area (Å²) in [6.45, 7) is 1.34. The zero-order valence-electron chi connectivity index (χ0n) is 13.2. The molecule has 0 radical (unpaired) electrons. The summed E-state index contributed by atoms with van der Waals surface area (Å²) >= 11 is 6.06. The number of sulfonamides is 1. The van der Waals surface area contributed by atoms with E-state index in [9.17, 15) is 13.2 Å². The van der Waals surface area contributed by atoms with Gasteiger partial charge in [-0.1, -0.05) is 17.7 Å². The largest absolute Gasteiger partial charge is 0.325 e. The number of nitrogens with one attached hydrogen (secondary N) is 2.